The second kappa shape index (κ2) is 9.57. The van der Waals surface area contributed by atoms with E-state index in [2.05, 4.69) is 62.2 Å². The zero-order chi connectivity index (χ0) is 22.9. The summed E-state index contributed by atoms with van der Waals surface area (Å²) in [6.07, 6.45) is 5.25. The predicted octanol–water partition coefficient (Wildman–Crippen LogP) is 8.30. The van der Waals surface area contributed by atoms with E-state index in [9.17, 15) is 4.79 Å². The van der Waals surface area contributed by atoms with Gasteiger partial charge in [0.25, 0.3) is 5.91 Å². The molecule has 1 heterocycles. The Hall–Kier alpha value is -2.21. The summed E-state index contributed by atoms with van der Waals surface area (Å²) in [4.78, 5) is 13.6. The minimum absolute atomic E-state index is 0.107. The number of nitrogens with zero attached hydrogens (tertiary/aromatic N) is 2. The van der Waals surface area contributed by atoms with Crippen molar-refractivity contribution < 1.29 is 4.79 Å². The molecule has 1 aliphatic carbocycles. The highest BCUT2D eigenvalue weighted by Gasteiger charge is 2.43. The van der Waals surface area contributed by atoms with Crippen LogP contribution in [-0.2, 0) is 0 Å². The van der Waals surface area contributed by atoms with Crippen LogP contribution in [-0.4, -0.2) is 16.6 Å². The molecule has 0 aromatic heterocycles. The fourth-order valence-electron chi connectivity index (χ4n) is 4.65. The van der Waals surface area contributed by atoms with E-state index in [0.29, 0.717) is 10.6 Å². The largest absolute Gasteiger partial charge is 0.274 e. The summed E-state index contributed by atoms with van der Waals surface area (Å²) in [6, 6.07) is 23.4. The molecule has 0 saturated heterocycles. The van der Waals surface area contributed by atoms with E-state index in [-0.39, 0.29) is 17.9 Å². The van der Waals surface area contributed by atoms with Crippen LogP contribution in [0.4, 0.5) is 0 Å². The molecular formula is C27H21Br2ClN2O. The molecule has 0 spiro atoms. The zero-order valence-corrected chi connectivity index (χ0v) is 21.6. The maximum atomic E-state index is 13.6. The van der Waals surface area contributed by atoms with Crippen molar-refractivity contribution in [1.29, 1.82) is 0 Å². The molecule has 6 heteroatoms. The van der Waals surface area contributed by atoms with Gasteiger partial charge in [-0.3, -0.25) is 4.79 Å². The number of hydrogen-bond acceptors (Lipinski definition) is 2. The molecule has 3 aromatic carbocycles. The van der Waals surface area contributed by atoms with Gasteiger partial charge in [0.1, 0.15) is 0 Å². The molecule has 0 radical (unpaired) electrons. The number of hydrazone groups is 1. The molecule has 1 saturated carbocycles. The van der Waals surface area contributed by atoms with Gasteiger partial charge < -0.3 is 0 Å². The van der Waals surface area contributed by atoms with Crippen LogP contribution in [0, 0.1) is 5.92 Å². The Morgan fingerprint density at radius 3 is 2.24 bits per heavy atom. The molecule has 5 rings (SSSR count). The highest BCUT2D eigenvalue weighted by atomic mass is 79.9. The van der Waals surface area contributed by atoms with Crippen LogP contribution < -0.4 is 0 Å². The fraction of sp³-hybridized carbons (Fsp3) is 0.185. The Balaban J connectivity index is 1.57. The van der Waals surface area contributed by atoms with E-state index in [4.69, 9.17) is 16.7 Å². The highest BCUT2D eigenvalue weighted by Crippen LogP contribution is 2.45. The lowest BCUT2D eigenvalue weighted by atomic mass is 9.77. The topological polar surface area (TPSA) is 32.7 Å². The van der Waals surface area contributed by atoms with Gasteiger partial charge in [-0.05, 0) is 90.6 Å². The third-order valence-electron chi connectivity index (χ3n) is 6.22. The van der Waals surface area contributed by atoms with Gasteiger partial charge in [-0.2, -0.15) is 5.10 Å². The summed E-state index contributed by atoms with van der Waals surface area (Å²) in [5.41, 5.74) is 5.05. The van der Waals surface area contributed by atoms with Gasteiger partial charge in [0.2, 0.25) is 0 Å². The standard InChI is InChI=1S/C27H21Br2ClN2O/c28-21-10-4-17(5-11-21)16-20-2-1-3-24-25(20)31-32(26(24)18-6-12-22(29)13-7-18)27(33)19-8-14-23(30)15-9-19/h4-16,24,26H,1-3H2/b20-16+/t24-,26-/m1/s1. The van der Waals surface area contributed by atoms with Crippen molar-refractivity contribution in [2.45, 2.75) is 25.3 Å². The normalized spacial score (nSPS) is 21.1. The maximum absolute atomic E-state index is 13.6. The lowest BCUT2D eigenvalue weighted by molar-refractivity contribution is 0.0681. The summed E-state index contributed by atoms with van der Waals surface area (Å²) >= 11 is 13.1. The molecule has 2 atom stereocenters. The van der Waals surface area contributed by atoms with Crippen molar-refractivity contribution in [3.63, 3.8) is 0 Å². The Labute approximate surface area is 215 Å². The van der Waals surface area contributed by atoms with Crippen LogP contribution >= 0.6 is 43.5 Å². The van der Waals surface area contributed by atoms with Gasteiger partial charge in [-0.15, -0.1) is 0 Å². The average molecular weight is 585 g/mol. The lowest BCUT2D eigenvalue weighted by Crippen LogP contribution is -2.31. The highest BCUT2D eigenvalue weighted by molar-refractivity contribution is 9.10. The number of halogens is 3. The molecule has 0 unspecified atom stereocenters. The van der Waals surface area contributed by atoms with E-state index < -0.39 is 0 Å². The first-order valence-corrected chi connectivity index (χ1v) is 12.9. The first kappa shape index (κ1) is 22.6. The summed E-state index contributed by atoms with van der Waals surface area (Å²) in [5.74, 6) is 0.0577. The van der Waals surface area contributed by atoms with Crippen molar-refractivity contribution in [1.82, 2.24) is 5.01 Å². The summed E-state index contributed by atoms with van der Waals surface area (Å²) in [5, 5.41) is 7.26. The number of fused-ring (bicyclic) bond motifs is 1. The first-order chi connectivity index (χ1) is 16.0. The van der Waals surface area contributed by atoms with Gasteiger partial charge in [-0.1, -0.05) is 67.7 Å². The number of allylic oxidation sites excluding steroid dienone is 1. The molecule has 166 valence electrons. The molecule has 3 nitrogen and oxygen atoms in total. The number of rotatable bonds is 3. The molecule has 2 aliphatic rings. The van der Waals surface area contributed by atoms with Gasteiger partial charge in [0, 0.05) is 25.4 Å². The Kier molecular flexibility index (Phi) is 6.55. The van der Waals surface area contributed by atoms with E-state index in [0.717, 1.165) is 45.0 Å². The summed E-state index contributed by atoms with van der Waals surface area (Å²) < 4.78 is 2.07. The minimum Gasteiger partial charge on any atom is -0.267 e. The van der Waals surface area contributed by atoms with Gasteiger partial charge >= 0.3 is 0 Å². The van der Waals surface area contributed by atoms with Gasteiger partial charge in [-0.25, -0.2) is 5.01 Å². The summed E-state index contributed by atoms with van der Waals surface area (Å²) in [7, 11) is 0. The Morgan fingerprint density at radius 2 is 1.58 bits per heavy atom. The van der Waals surface area contributed by atoms with Crippen molar-refractivity contribution in [3.8, 4) is 0 Å². The number of hydrogen-bond donors (Lipinski definition) is 0. The van der Waals surface area contributed by atoms with Crippen LogP contribution in [0.15, 0.2) is 92.4 Å². The van der Waals surface area contributed by atoms with Crippen LogP contribution in [0.3, 0.4) is 0 Å². The smallest absolute Gasteiger partial charge is 0.267 e. The van der Waals surface area contributed by atoms with Crippen LogP contribution in [0.2, 0.25) is 5.02 Å². The number of carbonyl (C=O) groups excluding carboxylic acids is 1. The molecule has 1 fully saturated rings. The molecule has 0 bridgehead atoms. The van der Waals surface area contributed by atoms with E-state index >= 15 is 0 Å². The van der Waals surface area contributed by atoms with E-state index in [1.54, 1.807) is 29.3 Å². The Bertz CT molecular complexity index is 1230. The van der Waals surface area contributed by atoms with Gasteiger partial charge in [0.05, 0.1) is 11.8 Å². The van der Waals surface area contributed by atoms with Crippen molar-refractivity contribution in [3.05, 3.63) is 109 Å². The van der Waals surface area contributed by atoms with E-state index in [1.165, 1.54) is 5.57 Å². The summed E-state index contributed by atoms with van der Waals surface area (Å²) in [6.45, 7) is 0. The third-order valence-corrected chi connectivity index (χ3v) is 7.53. The quantitative estimate of drug-likeness (QED) is 0.305. The average Bonchev–Trinajstić information content (AvgIpc) is 3.22. The number of carbonyl (C=O) groups is 1. The second-order valence-electron chi connectivity index (χ2n) is 8.36. The number of amides is 1. The molecule has 33 heavy (non-hydrogen) atoms. The predicted molar refractivity (Wildman–Crippen MR) is 141 cm³/mol. The second-order valence-corrected chi connectivity index (χ2v) is 10.6. The minimum atomic E-state index is -0.134. The molecule has 1 amide bonds. The first-order valence-electron chi connectivity index (χ1n) is 10.9. The van der Waals surface area contributed by atoms with E-state index in [1.807, 2.05) is 24.3 Å². The molecular weight excluding hydrogens is 564 g/mol. The monoisotopic (exact) mass is 582 g/mol. The lowest BCUT2D eigenvalue weighted by Gasteiger charge is -2.29. The molecule has 1 aliphatic heterocycles. The fourth-order valence-corrected chi connectivity index (χ4v) is 5.30. The molecule has 0 N–H and O–H groups in total. The van der Waals surface area contributed by atoms with Crippen molar-refractivity contribution in [2.24, 2.45) is 11.0 Å². The van der Waals surface area contributed by atoms with Crippen LogP contribution in [0.5, 0.6) is 0 Å². The van der Waals surface area contributed by atoms with Crippen molar-refractivity contribution >= 4 is 61.2 Å². The Morgan fingerprint density at radius 1 is 0.939 bits per heavy atom. The molecule has 3 aromatic rings. The SMILES string of the molecule is O=C(c1ccc(Cl)cc1)N1N=C2/C(=C/c3ccc(Br)cc3)CCC[C@H]2[C@H]1c1ccc(Br)cc1. The van der Waals surface area contributed by atoms with Crippen molar-refractivity contribution in [2.75, 3.05) is 0 Å². The van der Waals surface area contributed by atoms with Crippen LogP contribution in [0.1, 0.15) is 46.8 Å². The number of benzene rings is 3. The third kappa shape index (κ3) is 4.72. The van der Waals surface area contributed by atoms with Crippen LogP contribution in [0.25, 0.3) is 6.08 Å². The zero-order valence-electron chi connectivity index (χ0n) is 17.7. The maximum Gasteiger partial charge on any atom is 0.274 e. The van der Waals surface area contributed by atoms with Gasteiger partial charge in [0.15, 0.2) is 0 Å².